The monoisotopic (exact) mass is 301 g/mol. The molecule has 0 aromatic heterocycles. The SMILES string of the molecule is CC(c1ccccc1)N1C(=O)CCC=C1C#Cc1ccccc1. The van der Waals surface area contributed by atoms with Gasteiger partial charge in [-0.1, -0.05) is 60.5 Å². The smallest absolute Gasteiger partial charge is 0.228 e. The zero-order valence-corrected chi connectivity index (χ0v) is 13.2. The van der Waals surface area contributed by atoms with E-state index < -0.39 is 0 Å². The summed E-state index contributed by atoms with van der Waals surface area (Å²) < 4.78 is 0. The first-order valence-corrected chi connectivity index (χ1v) is 7.90. The van der Waals surface area contributed by atoms with Crippen molar-refractivity contribution in [2.75, 3.05) is 0 Å². The van der Waals surface area contributed by atoms with E-state index in [-0.39, 0.29) is 11.9 Å². The molecule has 3 rings (SSSR count). The van der Waals surface area contributed by atoms with Crippen LogP contribution in [0.2, 0.25) is 0 Å². The number of rotatable bonds is 2. The average Bonchev–Trinajstić information content (AvgIpc) is 2.61. The van der Waals surface area contributed by atoms with Gasteiger partial charge in [-0.2, -0.15) is 0 Å². The van der Waals surface area contributed by atoms with E-state index in [9.17, 15) is 4.79 Å². The number of carbonyl (C=O) groups excluding carboxylic acids is 1. The highest BCUT2D eigenvalue weighted by molar-refractivity contribution is 5.81. The molecular weight excluding hydrogens is 282 g/mol. The second-order valence-electron chi connectivity index (χ2n) is 5.59. The average molecular weight is 301 g/mol. The maximum absolute atomic E-state index is 12.4. The lowest BCUT2D eigenvalue weighted by molar-refractivity contribution is -0.131. The highest BCUT2D eigenvalue weighted by Crippen LogP contribution is 2.28. The number of amides is 1. The van der Waals surface area contributed by atoms with E-state index >= 15 is 0 Å². The molecule has 1 atom stereocenters. The Morgan fingerprint density at radius 3 is 2.30 bits per heavy atom. The molecule has 2 heteroatoms. The van der Waals surface area contributed by atoms with E-state index in [4.69, 9.17) is 0 Å². The van der Waals surface area contributed by atoms with Crippen molar-refractivity contribution in [2.45, 2.75) is 25.8 Å². The van der Waals surface area contributed by atoms with Crippen molar-refractivity contribution in [1.29, 1.82) is 0 Å². The van der Waals surface area contributed by atoms with Gasteiger partial charge in [-0.25, -0.2) is 0 Å². The summed E-state index contributed by atoms with van der Waals surface area (Å²) in [6, 6.07) is 19.9. The second-order valence-corrected chi connectivity index (χ2v) is 5.59. The van der Waals surface area contributed by atoms with E-state index in [1.165, 1.54) is 0 Å². The standard InChI is InChI=1S/C21H19NO/c1-17(19-11-6-3-7-12-19)22-20(13-8-14-21(22)23)16-15-18-9-4-2-5-10-18/h2-7,9-13,17H,8,14H2,1H3. The van der Waals surface area contributed by atoms with Crippen LogP contribution in [0.3, 0.4) is 0 Å². The molecule has 2 nitrogen and oxygen atoms in total. The van der Waals surface area contributed by atoms with Gasteiger partial charge in [0.25, 0.3) is 0 Å². The maximum Gasteiger partial charge on any atom is 0.228 e. The number of benzene rings is 2. The molecule has 2 aromatic rings. The second kappa shape index (κ2) is 6.98. The molecule has 0 aliphatic carbocycles. The van der Waals surface area contributed by atoms with E-state index in [1.807, 2.05) is 53.4 Å². The van der Waals surface area contributed by atoms with Crippen LogP contribution in [0.5, 0.6) is 0 Å². The van der Waals surface area contributed by atoms with Gasteiger partial charge >= 0.3 is 0 Å². The van der Waals surface area contributed by atoms with Crippen LogP contribution < -0.4 is 0 Å². The van der Waals surface area contributed by atoms with Gasteiger partial charge in [-0.3, -0.25) is 9.69 Å². The zero-order valence-electron chi connectivity index (χ0n) is 13.2. The molecule has 0 saturated carbocycles. The fraction of sp³-hybridized carbons (Fsp3) is 0.190. The molecule has 1 heterocycles. The molecule has 1 aliphatic rings. The minimum Gasteiger partial charge on any atom is -0.298 e. The van der Waals surface area contributed by atoms with Gasteiger partial charge in [0.1, 0.15) is 0 Å². The molecule has 0 fully saturated rings. The number of hydrogen-bond donors (Lipinski definition) is 0. The van der Waals surface area contributed by atoms with Gasteiger partial charge < -0.3 is 0 Å². The van der Waals surface area contributed by atoms with Crippen LogP contribution in [-0.4, -0.2) is 10.8 Å². The van der Waals surface area contributed by atoms with Crippen molar-refractivity contribution in [3.05, 3.63) is 83.6 Å². The van der Waals surface area contributed by atoms with Crippen LogP contribution in [-0.2, 0) is 4.79 Å². The van der Waals surface area contributed by atoms with Crippen LogP contribution in [0, 0.1) is 11.8 Å². The summed E-state index contributed by atoms with van der Waals surface area (Å²) in [5.74, 6) is 6.48. The van der Waals surface area contributed by atoms with Crippen LogP contribution in [0.4, 0.5) is 0 Å². The van der Waals surface area contributed by atoms with Crippen molar-refractivity contribution in [3.8, 4) is 11.8 Å². The summed E-state index contributed by atoms with van der Waals surface area (Å²) in [6.07, 6.45) is 3.38. The lowest BCUT2D eigenvalue weighted by atomic mass is 10.0. The Bertz CT molecular complexity index is 766. The zero-order chi connectivity index (χ0) is 16.1. The summed E-state index contributed by atoms with van der Waals surface area (Å²) in [5, 5.41) is 0. The minimum absolute atomic E-state index is 0.0136. The molecule has 114 valence electrons. The summed E-state index contributed by atoms with van der Waals surface area (Å²) in [4.78, 5) is 14.3. The highest BCUT2D eigenvalue weighted by Gasteiger charge is 2.26. The van der Waals surface area contributed by atoms with E-state index in [0.29, 0.717) is 6.42 Å². The van der Waals surface area contributed by atoms with E-state index in [0.717, 1.165) is 23.2 Å². The number of allylic oxidation sites excluding steroid dienone is 2. The Balaban J connectivity index is 1.90. The molecule has 0 bridgehead atoms. The Kier molecular flexibility index (Phi) is 4.59. The highest BCUT2D eigenvalue weighted by atomic mass is 16.2. The molecular formula is C21H19NO. The third-order valence-electron chi connectivity index (χ3n) is 4.00. The Morgan fingerprint density at radius 1 is 0.957 bits per heavy atom. The van der Waals surface area contributed by atoms with E-state index in [2.05, 4.69) is 37.0 Å². The molecule has 0 saturated heterocycles. The van der Waals surface area contributed by atoms with Crippen LogP contribution >= 0.6 is 0 Å². The summed E-state index contributed by atoms with van der Waals surface area (Å²) in [7, 11) is 0. The number of hydrogen-bond acceptors (Lipinski definition) is 1. The predicted molar refractivity (Wildman–Crippen MR) is 92.3 cm³/mol. The quantitative estimate of drug-likeness (QED) is 0.757. The van der Waals surface area contributed by atoms with Crippen LogP contribution in [0.25, 0.3) is 0 Å². The predicted octanol–water partition coefficient (Wildman–Crippen LogP) is 4.31. The van der Waals surface area contributed by atoms with Crippen LogP contribution in [0.1, 0.15) is 36.9 Å². The van der Waals surface area contributed by atoms with Gasteiger partial charge in [0.05, 0.1) is 11.7 Å². The maximum atomic E-state index is 12.4. The van der Waals surface area contributed by atoms with Crippen molar-refractivity contribution >= 4 is 5.91 Å². The minimum atomic E-state index is -0.0136. The molecule has 1 aliphatic heterocycles. The summed E-state index contributed by atoms with van der Waals surface area (Å²) in [5.41, 5.74) is 2.88. The molecule has 23 heavy (non-hydrogen) atoms. The van der Waals surface area contributed by atoms with Gasteiger partial charge in [0, 0.05) is 12.0 Å². The Labute approximate surface area is 137 Å². The van der Waals surface area contributed by atoms with Crippen LogP contribution in [0.15, 0.2) is 72.4 Å². The molecule has 1 unspecified atom stereocenters. The Hall–Kier alpha value is -2.79. The van der Waals surface area contributed by atoms with Gasteiger partial charge in [-0.05, 0) is 37.0 Å². The Morgan fingerprint density at radius 2 is 1.61 bits per heavy atom. The topological polar surface area (TPSA) is 20.3 Å². The summed E-state index contributed by atoms with van der Waals surface area (Å²) in [6.45, 7) is 2.05. The van der Waals surface area contributed by atoms with Crippen molar-refractivity contribution in [1.82, 2.24) is 4.90 Å². The molecule has 0 N–H and O–H groups in total. The molecule has 1 amide bonds. The van der Waals surface area contributed by atoms with E-state index in [1.54, 1.807) is 0 Å². The third kappa shape index (κ3) is 3.52. The van der Waals surface area contributed by atoms with Crippen molar-refractivity contribution < 1.29 is 4.79 Å². The lowest BCUT2D eigenvalue weighted by Gasteiger charge is -2.32. The first-order chi connectivity index (χ1) is 11.3. The molecule has 0 spiro atoms. The van der Waals surface area contributed by atoms with Gasteiger partial charge in [0.15, 0.2) is 0 Å². The van der Waals surface area contributed by atoms with Crippen molar-refractivity contribution in [2.24, 2.45) is 0 Å². The number of nitrogens with zero attached hydrogens (tertiary/aromatic N) is 1. The largest absolute Gasteiger partial charge is 0.298 e. The van der Waals surface area contributed by atoms with Gasteiger partial charge in [0.2, 0.25) is 5.91 Å². The van der Waals surface area contributed by atoms with Gasteiger partial charge in [-0.15, -0.1) is 0 Å². The molecule has 0 radical (unpaired) electrons. The summed E-state index contributed by atoms with van der Waals surface area (Å²) >= 11 is 0. The first-order valence-electron chi connectivity index (χ1n) is 7.90. The normalized spacial score (nSPS) is 15.4. The number of carbonyl (C=O) groups is 1. The third-order valence-corrected chi connectivity index (χ3v) is 4.00. The fourth-order valence-corrected chi connectivity index (χ4v) is 2.76. The fourth-order valence-electron chi connectivity index (χ4n) is 2.76. The van der Waals surface area contributed by atoms with Crippen molar-refractivity contribution in [3.63, 3.8) is 0 Å². The molecule has 2 aromatic carbocycles. The first kappa shape index (κ1) is 15.1. The lowest BCUT2D eigenvalue weighted by Crippen LogP contribution is -2.34.